The van der Waals surface area contributed by atoms with E-state index in [1.807, 2.05) is 54.7 Å². The van der Waals surface area contributed by atoms with Crippen LogP contribution in [-0.2, 0) is 0 Å². The Morgan fingerprint density at radius 3 is 2.30 bits per heavy atom. The molecule has 2 atom stereocenters. The first-order chi connectivity index (χ1) is 13.1. The fourth-order valence-corrected chi connectivity index (χ4v) is 2.76. The van der Waals surface area contributed by atoms with E-state index in [-0.39, 0.29) is 12.1 Å². The number of benzene rings is 1. The van der Waals surface area contributed by atoms with Gasteiger partial charge in [-0.15, -0.1) is 0 Å². The van der Waals surface area contributed by atoms with Gasteiger partial charge in [-0.25, -0.2) is 0 Å². The summed E-state index contributed by atoms with van der Waals surface area (Å²) in [5.74, 6) is 0.759. The summed E-state index contributed by atoms with van der Waals surface area (Å²) >= 11 is 0. The Bertz CT molecular complexity index is 863. The van der Waals surface area contributed by atoms with Crippen LogP contribution in [0.4, 0.5) is 0 Å². The van der Waals surface area contributed by atoms with Gasteiger partial charge in [0.15, 0.2) is 0 Å². The van der Waals surface area contributed by atoms with Crippen LogP contribution in [0.3, 0.4) is 0 Å². The minimum Gasteiger partial charge on any atom is -0.482 e. The van der Waals surface area contributed by atoms with Gasteiger partial charge in [-0.05, 0) is 55.9 Å². The van der Waals surface area contributed by atoms with Crippen LogP contribution in [0.5, 0.6) is 5.75 Å². The van der Waals surface area contributed by atoms with Gasteiger partial charge in [0, 0.05) is 24.6 Å². The van der Waals surface area contributed by atoms with Gasteiger partial charge in [0.05, 0.1) is 6.20 Å². The van der Waals surface area contributed by atoms with Crippen LogP contribution in [0.25, 0.3) is 12.2 Å². The predicted molar refractivity (Wildman–Crippen MR) is 110 cm³/mol. The number of hydrogen-bond acceptors (Lipinski definition) is 4. The Morgan fingerprint density at radius 2 is 1.59 bits per heavy atom. The molecule has 0 aliphatic heterocycles. The molecular weight excluding hydrogens is 334 g/mol. The highest BCUT2D eigenvalue weighted by molar-refractivity contribution is 5.69. The quantitative estimate of drug-likeness (QED) is 0.612. The third-order valence-electron chi connectivity index (χ3n) is 4.55. The number of hydrogen-bond donors (Lipinski definition) is 0. The van der Waals surface area contributed by atoms with Crippen molar-refractivity contribution >= 4 is 12.2 Å². The lowest BCUT2D eigenvalue weighted by molar-refractivity contribution is 0.107. The molecule has 1 aromatic carbocycles. The molecule has 4 nitrogen and oxygen atoms in total. The summed E-state index contributed by atoms with van der Waals surface area (Å²) in [6.45, 7) is 2.16. The van der Waals surface area contributed by atoms with E-state index < -0.39 is 0 Å². The van der Waals surface area contributed by atoms with Gasteiger partial charge >= 0.3 is 0 Å². The first kappa shape index (κ1) is 18.8. The molecule has 3 aromatic rings. The van der Waals surface area contributed by atoms with E-state index in [0.29, 0.717) is 0 Å². The van der Waals surface area contributed by atoms with Crippen LogP contribution in [0.2, 0.25) is 0 Å². The van der Waals surface area contributed by atoms with Crippen molar-refractivity contribution in [2.45, 2.75) is 19.1 Å². The lowest BCUT2D eigenvalue weighted by atomic mass is 10.0. The largest absolute Gasteiger partial charge is 0.482 e. The van der Waals surface area contributed by atoms with E-state index in [2.05, 4.69) is 48.0 Å². The van der Waals surface area contributed by atoms with Crippen molar-refractivity contribution in [3.8, 4) is 5.75 Å². The minimum atomic E-state index is -0.0811. The van der Waals surface area contributed by atoms with Gasteiger partial charge in [0.2, 0.25) is 0 Å². The Labute approximate surface area is 161 Å². The number of nitrogens with zero attached hydrogens (tertiary/aromatic N) is 3. The van der Waals surface area contributed by atoms with Gasteiger partial charge < -0.3 is 9.64 Å². The molecule has 0 saturated carbocycles. The van der Waals surface area contributed by atoms with Crippen LogP contribution in [0.1, 0.15) is 29.7 Å². The standard InChI is InChI=1S/C23H25N3O/c1-18(26(2)3)23(21-7-5-4-6-8-21)27-22-15-20(16-25-17-22)10-9-19-11-13-24-14-12-19/h4-18,23H,1-3H3/b10-9+/t18-,23+/m0/s1. The summed E-state index contributed by atoms with van der Waals surface area (Å²) < 4.78 is 6.37. The van der Waals surface area contributed by atoms with Crippen LogP contribution >= 0.6 is 0 Å². The summed E-state index contributed by atoms with van der Waals surface area (Å²) in [5.41, 5.74) is 3.24. The van der Waals surface area contributed by atoms with E-state index >= 15 is 0 Å². The zero-order valence-corrected chi connectivity index (χ0v) is 16.0. The van der Waals surface area contributed by atoms with Gasteiger partial charge in [-0.1, -0.05) is 42.5 Å². The van der Waals surface area contributed by atoms with Crippen LogP contribution in [0, 0.1) is 0 Å². The fraction of sp³-hybridized carbons (Fsp3) is 0.217. The van der Waals surface area contributed by atoms with Gasteiger partial charge in [0.1, 0.15) is 11.9 Å². The molecule has 0 bridgehead atoms. The van der Waals surface area contributed by atoms with Gasteiger partial charge in [-0.2, -0.15) is 0 Å². The second-order valence-electron chi connectivity index (χ2n) is 6.72. The molecule has 138 valence electrons. The first-order valence-electron chi connectivity index (χ1n) is 9.04. The number of ether oxygens (including phenoxy) is 1. The molecular formula is C23H25N3O. The van der Waals surface area contributed by atoms with Gasteiger partial charge in [-0.3, -0.25) is 9.97 Å². The molecule has 27 heavy (non-hydrogen) atoms. The monoisotopic (exact) mass is 359 g/mol. The fourth-order valence-electron chi connectivity index (χ4n) is 2.76. The van der Waals surface area contributed by atoms with Crippen LogP contribution in [0.15, 0.2) is 73.3 Å². The molecule has 2 heterocycles. The molecule has 0 N–H and O–H groups in total. The first-order valence-corrected chi connectivity index (χ1v) is 9.04. The molecule has 2 aromatic heterocycles. The van der Waals surface area contributed by atoms with Crippen molar-refractivity contribution in [1.29, 1.82) is 0 Å². The molecule has 0 amide bonds. The van der Waals surface area contributed by atoms with E-state index in [1.54, 1.807) is 18.6 Å². The highest BCUT2D eigenvalue weighted by Crippen LogP contribution is 2.27. The maximum Gasteiger partial charge on any atom is 0.139 e. The lowest BCUT2D eigenvalue weighted by Gasteiger charge is -2.30. The molecule has 0 aliphatic rings. The topological polar surface area (TPSA) is 38.3 Å². The molecule has 0 spiro atoms. The number of rotatable bonds is 7. The zero-order chi connectivity index (χ0) is 19.1. The summed E-state index contributed by atoms with van der Waals surface area (Å²) in [7, 11) is 4.13. The minimum absolute atomic E-state index is 0.0811. The third kappa shape index (κ3) is 5.25. The van der Waals surface area contributed by atoms with Crippen molar-refractivity contribution in [3.05, 3.63) is 90.0 Å². The van der Waals surface area contributed by atoms with E-state index in [1.165, 1.54) is 0 Å². The molecule has 4 heteroatoms. The molecule has 0 saturated heterocycles. The highest BCUT2D eigenvalue weighted by Gasteiger charge is 2.23. The van der Waals surface area contributed by atoms with Crippen molar-refractivity contribution < 1.29 is 4.74 Å². The zero-order valence-electron chi connectivity index (χ0n) is 16.0. The average molecular weight is 359 g/mol. The maximum atomic E-state index is 6.37. The molecule has 0 aliphatic carbocycles. The van der Waals surface area contributed by atoms with Crippen LogP contribution in [-0.4, -0.2) is 35.0 Å². The van der Waals surface area contributed by atoms with Crippen LogP contribution < -0.4 is 4.74 Å². The molecule has 0 unspecified atom stereocenters. The SMILES string of the molecule is C[C@@H]([C@@H](Oc1cncc(/C=C/c2ccncc2)c1)c1ccccc1)N(C)C. The third-order valence-corrected chi connectivity index (χ3v) is 4.55. The smallest absolute Gasteiger partial charge is 0.139 e. The molecule has 0 fully saturated rings. The number of pyridine rings is 2. The lowest BCUT2D eigenvalue weighted by Crippen LogP contribution is -2.34. The number of likely N-dealkylation sites (N-methyl/N-ethyl adjacent to an activating group) is 1. The molecule has 3 rings (SSSR count). The van der Waals surface area contributed by atoms with Crippen molar-refractivity contribution in [2.75, 3.05) is 14.1 Å². The van der Waals surface area contributed by atoms with E-state index in [9.17, 15) is 0 Å². The second kappa shape index (κ2) is 9.10. The number of aromatic nitrogens is 2. The summed E-state index contributed by atoms with van der Waals surface area (Å²) in [4.78, 5) is 10.5. The van der Waals surface area contributed by atoms with Crippen molar-refractivity contribution in [3.63, 3.8) is 0 Å². The van der Waals surface area contributed by atoms with Crippen molar-refractivity contribution in [2.24, 2.45) is 0 Å². The highest BCUT2D eigenvalue weighted by atomic mass is 16.5. The summed E-state index contributed by atoms with van der Waals surface area (Å²) in [6, 6.07) is 16.5. The normalized spacial score (nSPS) is 13.6. The Morgan fingerprint density at radius 1 is 0.889 bits per heavy atom. The predicted octanol–water partition coefficient (Wildman–Crippen LogP) is 4.72. The summed E-state index contributed by atoms with van der Waals surface area (Å²) in [6.07, 6.45) is 11.2. The Hall–Kier alpha value is -2.98. The summed E-state index contributed by atoms with van der Waals surface area (Å²) in [5, 5.41) is 0. The maximum absolute atomic E-state index is 6.37. The van der Waals surface area contributed by atoms with E-state index in [0.717, 1.165) is 22.4 Å². The molecule has 0 radical (unpaired) electrons. The average Bonchev–Trinajstić information content (AvgIpc) is 2.71. The Balaban J connectivity index is 1.81. The Kier molecular flexibility index (Phi) is 6.34. The van der Waals surface area contributed by atoms with E-state index in [4.69, 9.17) is 4.74 Å². The van der Waals surface area contributed by atoms with Gasteiger partial charge in [0.25, 0.3) is 0 Å². The van der Waals surface area contributed by atoms with Crippen molar-refractivity contribution in [1.82, 2.24) is 14.9 Å². The second-order valence-corrected chi connectivity index (χ2v) is 6.72.